The molecular formula is C18H28N4O3. The summed E-state index contributed by atoms with van der Waals surface area (Å²) in [6.07, 6.45) is 2.01. The smallest absolute Gasteiger partial charge is 0.313 e. The molecule has 138 valence electrons. The van der Waals surface area contributed by atoms with Gasteiger partial charge in [0.2, 0.25) is 0 Å². The van der Waals surface area contributed by atoms with Gasteiger partial charge in [-0.05, 0) is 63.8 Å². The van der Waals surface area contributed by atoms with Crippen LogP contribution in [0.5, 0.6) is 5.75 Å². The number of hydrogen-bond donors (Lipinski definition) is 2. The predicted molar refractivity (Wildman–Crippen MR) is 97.8 cm³/mol. The highest BCUT2D eigenvalue weighted by atomic mass is 16.5. The maximum absolute atomic E-state index is 11.9. The number of likely N-dealkylation sites (N-methyl/N-ethyl adjacent to an activating group) is 1. The van der Waals surface area contributed by atoms with Crippen molar-refractivity contribution >= 4 is 17.5 Å². The van der Waals surface area contributed by atoms with Crippen LogP contribution >= 0.6 is 0 Å². The van der Waals surface area contributed by atoms with Crippen molar-refractivity contribution in [2.45, 2.75) is 12.8 Å². The van der Waals surface area contributed by atoms with Crippen molar-refractivity contribution in [2.24, 2.45) is 0 Å². The molecule has 1 heterocycles. The zero-order valence-electron chi connectivity index (χ0n) is 15.1. The van der Waals surface area contributed by atoms with E-state index in [1.54, 1.807) is 31.4 Å². The van der Waals surface area contributed by atoms with Crippen LogP contribution in [0.15, 0.2) is 24.3 Å². The zero-order chi connectivity index (χ0) is 18.1. The largest absolute Gasteiger partial charge is 0.497 e. The van der Waals surface area contributed by atoms with Crippen molar-refractivity contribution in [3.8, 4) is 5.75 Å². The molecule has 2 N–H and O–H groups in total. The quantitative estimate of drug-likeness (QED) is 0.587. The van der Waals surface area contributed by atoms with Crippen LogP contribution in [0.25, 0.3) is 0 Å². The van der Waals surface area contributed by atoms with Gasteiger partial charge in [0, 0.05) is 25.3 Å². The van der Waals surface area contributed by atoms with Crippen LogP contribution < -0.4 is 15.4 Å². The van der Waals surface area contributed by atoms with Gasteiger partial charge in [-0.2, -0.15) is 0 Å². The average molecular weight is 348 g/mol. The van der Waals surface area contributed by atoms with Crippen molar-refractivity contribution in [1.29, 1.82) is 0 Å². The molecule has 0 bridgehead atoms. The van der Waals surface area contributed by atoms with E-state index < -0.39 is 11.8 Å². The molecule has 0 saturated carbocycles. The molecule has 0 aromatic heterocycles. The molecule has 7 heteroatoms. The van der Waals surface area contributed by atoms with Gasteiger partial charge in [0.1, 0.15) is 5.75 Å². The molecule has 1 aromatic rings. The Bertz CT molecular complexity index is 562. The van der Waals surface area contributed by atoms with E-state index in [0.717, 1.165) is 39.1 Å². The number of methoxy groups -OCH3 is 1. The first kappa shape index (κ1) is 19.2. The molecule has 2 rings (SSSR count). The monoisotopic (exact) mass is 348 g/mol. The molecule has 0 atom stereocenters. The molecule has 1 aromatic carbocycles. The first-order chi connectivity index (χ1) is 12.1. The summed E-state index contributed by atoms with van der Waals surface area (Å²) in [5.41, 5.74) is 0.564. The fourth-order valence-electron chi connectivity index (χ4n) is 2.77. The Morgan fingerprint density at radius 2 is 1.84 bits per heavy atom. The maximum atomic E-state index is 11.9. The second kappa shape index (κ2) is 10.0. The second-order valence-electron chi connectivity index (χ2n) is 6.29. The van der Waals surface area contributed by atoms with Crippen LogP contribution in [0.3, 0.4) is 0 Å². The van der Waals surface area contributed by atoms with Crippen LogP contribution in [-0.4, -0.2) is 75.0 Å². The Labute approximate surface area is 149 Å². The van der Waals surface area contributed by atoms with Crippen molar-refractivity contribution in [3.63, 3.8) is 0 Å². The summed E-state index contributed by atoms with van der Waals surface area (Å²) in [5, 5.41) is 5.25. The van der Waals surface area contributed by atoms with Gasteiger partial charge in [0.15, 0.2) is 0 Å². The summed E-state index contributed by atoms with van der Waals surface area (Å²) in [6.45, 7) is 5.81. The Hall–Kier alpha value is -2.12. The van der Waals surface area contributed by atoms with Gasteiger partial charge in [0.05, 0.1) is 7.11 Å². The molecule has 2 amide bonds. The van der Waals surface area contributed by atoms with Gasteiger partial charge in [-0.3, -0.25) is 9.59 Å². The zero-order valence-corrected chi connectivity index (χ0v) is 15.1. The van der Waals surface area contributed by atoms with Crippen LogP contribution in [0, 0.1) is 0 Å². The minimum atomic E-state index is -0.651. The lowest BCUT2D eigenvalue weighted by atomic mass is 10.3. The lowest BCUT2D eigenvalue weighted by Crippen LogP contribution is -2.37. The van der Waals surface area contributed by atoms with Crippen LogP contribution in [0.4, 0.5) is 5.69 Å². The number of anilines is 1. The van der Waals surface area contributed by atoms with E-state index in [1.165, 1.54) is 6.42 Å². The van der Waals surface area contributed by atoms with Crippen molar-refractivity contribution < 1.29 is 14.3 Å². The van der Waals surface area contributed by atoms with E-state index in [4.69, 9.17) is 4.74 Å². The van der Waals surface area contributed by atoms with E-state index in [2.05, 4.69) is 27.5 Å². The van der Waals surface area contributed by atoms with Crippen LogP contribution in [0.1, 0.15) is 12.8 Å². The SMILES string of the molecule is COc1ccc(NC(=O)C(=O)NCCCN2CCCN(C)CC2)cc1. The minimum absolute atomic E-state index is 0.501. The van der Waals surface area contributed by atoms with Gasteiger partial charge < -0.3 is 25.2 Å². The van der Waals surface area contributed by atoms with Crippen LogP contribution in [-0.2, 0) is 9.59 Å². The highest BCUT2D eigenvalue weighted by Gasteiger charge is 2.14. The van der Waals surface area contributed by atoms with Crippen molar-refractivity contribution in [3.05, 3.63) is 24.3 Å². The minimum Gasteiger partial charge on any atom is -0.497 e. The normalized spacial score (nSPS) is 16.1. The predicted octanol–water partition coefficient (Wildman–Crippen LogP) is 0.778. The van der Waals surface area contributed by atoms with Crippen molar-refractivity contribution in [2.75, 3.05) is 58.7 Å². The molecule has 7 nitrogen and oxygen atoms in total. The number of rotatable bonds is 6. The number of amides is 2. The van der Waals surface area contributed by atoms with Gasteiger partial charge in [0.25, 0.3) is 0 Å². The highest BCUT2D eigenvalue weighted by Crippen LogP contribution is 2.14. The summed E-state index contributed by atoms with van der Waals surface area (Å²) in [6, 6.07) is 6.85. The number of hydrogen-bond acceptors (Lipinski definition) is 5. The van der Waals surface area contributed by atoms with Crippen LogP contribution in [0.2, 0.25) is 0 Å². The summed E-state index contributed by atoms with van der Waals surface area (Å²) in [7, 11) is 3.72. The molecule has 25 heavy (non-hydrogen) atoms. The number of ether oxygens (including phenoxy) is 1. The molecule has 0 spiro atoms. The summed E-state index contributed by atoms with van der Waals surface area (Å²) < 4.78 is 5.05. The third-order valence-corrected chi connectivity index (χ3v) is 4.30. The number of benzene rings is 1. The average Bonchev–Trinajstić information content (AvgIpc) is 2.83. The fraction of sp³-hybridized carbons (Fsp3) is 0.556. The molecule has 1 aliphatic rings. The van der Waals surface area contributed by atoms with E-state index >= 15 is 0 Å². The molecular weight excluding hydrogens is 320 g/mol. The van der Waals surface area contributed by atoms with E-state index in [0.29, 0.717) is 18.0 Å². The highest BCUT2D eigenvalue weighted by molar-refractivity contribution is 6.39. The third kappa shape index (κ3) is 6.72. The van der Waals surface area contributed by atoms with Gasteiger partial charge >= 0.3 is 11.8 Å². The number of carbonyl (C=O) groups is 2. The Kier molecular flexibility index (Phi) is 7.69. The third-order valence-electron chi connectivity index (χ3n) is 4.30. The van der Waals surface area contributed by atoms with Gasteiger partial charge in [-0.15, -0.1) is 0 Å². The first-order valence-corrected chi connectivity index (χ1v) is 8.72. The van der Waals surface area contributed by atoms with E-state index in [9.17, 15) is 9.59 Å². The number of nitrogens with zero attached hydrogens (tertiary/aromatic N) is 2. The Morgan fingerprint density at radius 3 is 2.56 bits per heavy atom. The lowest BCUT2D eigenvalue weighted by molar-refractivity contribution is -0.136. The summed E-state index contributed by atoms with van der Waals surface area (Å²) in [5.74, 6) is -0.560. The topological polar surface area (TPSA) is 73.9 Å². The fourth-order valence-corrected chi connectivity index (χ4v) is 2.77. The number of carbonyl (C=O) groups excluding carboxylic acids is 2. The Balaban J connectivity index is 1.64. The van der Waals surface area contributed by atoms with E-state index in [-0.39, 0.29) is 0 Å². The van der Waals surface area contributed by atoms with Crippen molar-refractivity contribution in [1.82, 2.24) is 15.1 Å². The standard InChI is InChI=1S/C18H28N4O3/c1-21-10-4-12-22(14-13-21)11-3-9-19-17(23)18(24)20-15-5-7-16(25-2)8-6-15/h5-8H,3-4,9-14H2,1-2H3,(H,19,23)(H,20,24). The maximum Gasteiger partial charge on any atom is 0.313 e. The molecule has 0 unspecified atom stereocenters. The molecule has 0 radical (unpaired) electrons. The second-order valence-corrected chi connectivity index (χ2v) is 6.29. The van der Waals surface area contributed by atoms with Gasteiger partial charge in [-0.25, -0.2) is 0 Å². The Morgan fingerprint density at radius 1 is 1.08 bits per heavy atom. The van der Waals surface area contributed by atoms with E-state index in [1.807, 2.05) is 0 Å². The summed E-state index contributed by atoms with van der Waals surface area (Å²) >= 11 is 0. The molecule has 1 fully saturated rings. The molecule has 1 saturated heterocycles. The van der Waals surface area contributed by atoms with Gasteiger partial charge in [-0.1, -0.05) is 0 Å². The molecule has 0 aliphatic carbocycles. The molecule has 1 aliphatic heterocycles. The number of nitrogens with one attached hydrogen (secondary N) is 2. The lowest BCUT2D eigenvalue weighted by Gasteiger charge is -2.19. The first-order valence-electron chi connectivity index (χ1n) is 8.72. The summed E-state index contributed by atoms with van der Waals surface area (Å²) in [4.78, 5) is 28.5.